The van der Waals surface area contributed by atoms with Gasteiger partial charge in [-0.1, -0.05) is 13.0 Å². The molecule has 1 atom stereocenters. The monoisotopic (exact) mass is 380 g/mol. The highest BCUT2D eigenvalue weighted by molar-refractivity contribution is 7.89. The Morgan fingerprint density at radius 2 is 2.20 bits per heavy atom. The number of ether oxygens (including phenoxy) is 1. The largest absolute Gasteiger partial charge is 0.490 e. The van der Waals surface area contributed by atoms with Crippen LogP contribution in [-0.4, -0.2) is 27.5 Å². The second-order valence-corrected chi connectivity index (χ2v) is 8.44. The van der Waals surface area contributed by atoms with Gasteiger partial charge in [-0.05, 0) is 36.1 Å². The molecule has 1 aliphatic heterocycles. The zero-order valence-electron chi connectivity index (χ0n) is 14.1. The second-order valence-electron chi connectivity index (χ2n) is 5.75. The number of nitrogens with one attached hydrogen (secondary N) is 1. The topological polar surface area (TPSA) is 75.7 Å². The summed E-state index contributed by atoms with van der Waals surface area (Å²) in [6, 6.07) is 8.15. The molecular weight excluding hydrogens is 360 g/mol. The van der Waals surface area contributed by atoms with Crippen LogP contribution < -0.4 is 14.4 Å². The molecule has 1 aliphatic rings. The Morgan fingerprint density at radius 3 is 2.84 bits per heavy atom. The molecule has 8 heteroatoms. The fourth-order valence-electron chi connectivity index (χ4n) is 2.78. The number of sulfonamides is 1. The summed E-state index contributed by atoms with van der Waals surface area (Å²) in [6.07, 6.45) is 0.646. The Bertz CT molecular complexity index is 863. The van der Waals surface area contributed by atoms with E-state index in [0.29, 0.717) is 31.0 Å². The number of thiophene rings is 1. The van der Waals surface area contributed by atoms with Crippen molar-refractivity contribution in [1.29, 1.82) is 0 Å². The number of rotatable bonds is 5. The molecular formula is C17H20N2O4S2. The van der Waals surface area contributed by atoms with Crippen molar-refractivity contribution in [3.05, 3.63) is 40.6 Å². The van der Waals surface area contributed by atoms with Crippen LogP contribution in [-0.2, 0) is 14.8 Å². The van der Waals surface area contributed by atoms with Crippen molar-refractivity contribution in [1.82, 2.24) is 4.72 Å². The number of amides is 1. The van der Waals surface area contributed by atoms with E-state index in [0.717, 1.165) is 4.88 Å². The summed E-state index contributed by atoms with van der Waals surface area (Å²) in [5.74, 6) is 0.378. The van der Waals surface area contributed by atoms with Crippen molar-refractivity contribution in [2.75, 3.05) is 18.1 Å². The van der Waals surface area contributed by atoms with Gasteiger partial charge in [0.25, 0.3) is 0 Å². The van der Waals surface area contributed by atoms with Gasteiger partial charge in [-0.2, -0.15) is 0 Å². The maximum atomic E-state index is 12.8. The highest BCUT2D eigenvalue weighted by atomic mass is 32.2. The molecule has 0 bridgehead atoms. The molecule has 6 nitrogen and oxygen atoms in total. The third kappa shape index (κ3) is 3.70. The first-order chi connectivity index (χ1) is 11.9. The standard InChI is InChI=1S/C17H20N2O4S2/c1-3-14(17-5-4-10-24-17)18-25(21,22)13-6-7-16-15(11-13)19(12(2)20)8-9-23-16/h4-7,10-11,14,18H,3,8-9H2,1-2H3. The molecule has 0 aliphatic carbocycles. The van der Waals surface area contributed by atoms with Gasteiger partial charge in [0, 0.05) is 11.8 Å². The fourth-order valence-corrected chi connectivity index (χ4v) is 5.03. The van der Waals surface area contributed by atoms with E-state index in [-0.39, 0.29) is 16.8 Å². The summed E-state index contributed by atoms with van der Waals surface area (Å²) >= 11 is 1.52. The molecule has 2 aromatic rings. The van der Waals surface area contributed by atoms with Crippen LogP contribution in [0.15, 0.2) is 40.6 Å². The minimum atomic E-state index is -3.72. The lowest BCUT2D eigenvalue weighted by Gasteiger charge is -2.29. The Kier molecular flexibility index (Phi) is 5.12. The summed E-state index contributed by atoms with van der Waals surface area (Å²) < 4.78 is 33.9. The first-order valence-corrected chi connectivity index (χ1v) is 10.4. The Labute approximate surface area is 151 Å². The van der Waals surface area contributed by atoms with Crippen LogP contribution >= 0.6 is 11.3 Å². The summed E-state index contributed by atoms with van der Waals surface area (Å²) in [5, 5.41) is 1.92. The van der Waals surface area contributed by atoms with Crippen molar-refractivity contribution in [3.8, 4) is 5.75 Å². The predicted octanol–water partition coefficient (Wildman–Crippen LogP) is 2.92. The van der Waals surface area contributed by atoms with Crippen molar-refractivity contribution >= 4 is 33.0 Å². The van der Waals surface area contributed by atoms with Gasteiger partial charge < -0.3 is 9.64 Å². The van der Waals surface area contributed by atoms with Crippen molar-refractivity contribution in [3.63, 3.8) is 0 Å². The average molecular weight is 380 g/mol. The van der Waals surface area contributed by atoms with Gasteiger partial charge in [0.15, 0.2) is 0 Å². The lowest BCUT2D eigenvalue weighted by atomic mass is 10.2. The molecule has 0 saturated carbocycles. The zero-order valence-corrected chi connectivity index (χ0v) is 15.7. The molecule has 1 aromatic heterocycles. The Balaban J connectivity index is 1.92. The SMILES string of the molecule is CCC(NS(=O)(=O)c1ccc2c(c1)N(C(C)=O)CCO2)c1cccs1. The van der Waals surface area contributed by atoms with Crippen LogP contribution in [0.4, 0.5) is 5.69 Å². The molecule has 134 valence electrons. The average Bonchev–Trinajstić information content (AvgIpc) is 3.13. The first kappa shape index (κ1) is 17.9. The van der Waals surface area contributed by atoms with Crippen LogP contribution in [0, 0.1) is 0 Å². The molecule has 3 rings (SSSR count). The van der Waals surface area contributed by atoms with Crippen LogP contribution in [0.2, 0.25) is 0 Å². The minimum Gasteiger partial charge on any atom is -0.490 e. The fraction of sp³-hybridized carbons (Fsp3) is 0.353. The summed E-state index contributed by atoms with van der Waals surface area (Å²) in [5.41, 5.74) is 0.491. The van der Waals surface area contributed by atoms with E-state index >= 15 is 0 Å². The predicted molar refractivity (Wildman–Crippen MR) is 97.6 cm³/mol. The molecule has 1 aromatic carbocycles. The molecule has 0 radical (unpaired) electrons. The van der Waals surface area contributed by atoms with Gasteiger partial charge in [-0.25, -0.2) is 13.1 Å². The van der Waals surface area contributed by atoms with Gasteiger partial charge in [0.05, 0.1) is 23.2 Å². The molecule has 0 fully saturated rings. The van der Waals surface area contributed by atoms with Crippen LogP contribution in [0.5, 0.6) is 5.75 Å². The molecule has 1 N–H and O–H groups in total. The maximum absolute atomic E-state index is 12.8. The third-order valence-corrected chi connectivity index (χ3v) is 6.53. The van der Waals surface area contributed by atoms with Gasteiger partial charge in [-0.3, -0.25) is 4.79 Å². The molecule has 2 heterocycles. The molecule has 0 saturated heterocycles. The second kappa shape index (κ2) is 7.15. The number of carbonyl (C=O) groups is 1. The Morgan fingerprint density at radius 1 is 1.40 bits per heavy atom. The summed E-state index contributed by atoms with van der Waals surface area (Å²) in [7, 11) is -3.72. The minimum absolute atomic E-state index is 0.123. The molecule has 0 spiro atoms. The number of anilines is 1. The highest BCUT2D eigenvalue weighted by Gasteiger charge is 2.26. The van der Waals surface area contributed by atoms with Gasteiger partial charge in [0.1, 0.15) is 12.4 Å². The van der Waals surface area contributed by atoms with Crippen molar-refractivity contribution in [2.45, 2.75) is 31.2 Å². The normalized spacial score (nSPS) is 15.4. The zero-order chi connectivity index (χ0) is 18.0. The van der Waals surface area contributed by atoms with Gasteiger partial charge >= 0.3 is 0 Å². The van der Waals surface area contributed by atoms with Crippen LogP contribution in [0.3, 0.4) is 0 Å². The number of benzene rings is 1. The van der Waals surface area contributed by atoms with E-state index in [4.69, 9.17) is 4.74 Å². The van der Waals surface area contributed by atoms with Crippen molar-refractivity contribution < 1.29 is 17.9 Å². The molecule has 1 amide bonds. The van der Waals surface area contributed by atoms with E-state index in [2.05, 4.69) is 4.72 Å². The number of carbonyl (C=O) groups excluding carboxylic acids is 1. The number of nitrogens with zero attached hydrogens (tertiary/aromatic N) is 1. The molecule has 1 unspecified atom stereocenters. The third-order valence-electron chi connectivity index (χ3n) is 4.08. The van der Waals surface area contributed by atoms with E-state index in [1.54, 1.807) is 6.07 Å². The highest BCUT2D eigenvalue weighted by Crippen LogP contribution is 2.34. The molecule has 25 heavy (non-hydrogen) atoms. The van der Waals surface area contributed by atoms with E-state index in [9.17, 15) is 13.2 Å². The lowest BCUT2D eigenvalue weighted by molar-refractivity contribution is -0.116. The van der Waals surface area contributed by atoms with E-state index < -0.39 is 10.0 Å². The van der Waals surface area contributed by atoms with Gasteiger partial charge in [-0.15, -0.1) is 11.3 Å². The number of hydrogen-bond donors (Lipinski definition) is 1. The Hall–Kier alpha value is -1.90. The van der Waals surface area contributed by atoms with Crippen LogP contribution in [0.1, 0.15) is 31.2 Å². The smallest absolute Gasteiger partial charge is 0.241 e. The number of hydrogen-bond acceptors (Lipinski definition) is 5. The van der Waals surface area contributed by atoms with E-state index in [1.165, 1.54) is 35.3 Å². The van der Waals surface area contributed by atoms with Crippen LogP contribution in [0.25, 0.3) is 0 Å². The first-order valence-electron chi connectivity index (χ1n) is 8.03. The van der Waals surface area contributed by atoms with Gasteiger partial charge in [0.2, 0.25) is 15.9 Å². The van der Waals surface area contributed by atoms with E-state index in [1.807, 2.05) is 24.4 Å². The van der Waals surface area contributed by atoms with Crippen molar-refractivity contribution in [2.24, 2.45) is 0 Å². The maximum Gasteiger partial charge on any atom is 0.241 e. The quantitative estimate of drug-likeness (QED) is 0.865. The summed E-state index contributed by atoms with van der Waals surface area (Å²) in [6.45, 7) is 4.20. The number of fused-ring (bicyclic) bond motifs is 1. The lowest BCUT2D eigenvalue weighted by Crippen LogP contribution is -2.36. The summed E-state index contributed by atoms with van der Waals surface area (Å²) in [4.78, 5) is 14.4.